The molecule has 0 aliphatic carbocycles. The first-order chi connectivity index (χ1) is 29.2. The van der Waals surface area contributed by atoms with Crippen molar-refractivity contribution in [1.82, 2.24) is 9.97 Å². The Kier molecular flexibility index (Phi) is 8.72. The Hall–Kier alpha value is -7.46. The van der Waals surface area contributed by atoms with Crippen molar-refractivity contribution in [2.24, 2.45) is 0 Å². The molecule has 0 bridgehead atoms. The standard InChI is InChI=1S/C56H36N2S/c1-4-14-37(15-5-1)44-29-45(38-16-6-2-7-17-38)32-48(31-44)52-36-53(58-56(57-52)40-19-8-3-9-20-40)49-33-46(42-25-24-39-18-10-11-21-41(39)28-42)30-47(34-49)43-26-27-55-51(35-43)50-22-12-13-23-54(50)59-55/h1-36H. The van der Waals surface area contributed by atoms with Crippen LogP contribution in [-0.2, 0) is 0 Å². The van der Waals surface area contributed by atoms with Gasteiger partial charge in [-0.1, -0.05) is 152 Å². The average molecular weight is 769 g/mol. The van der Waals surface area contributed by atoms with Gasteiger partial charge in [-0.15, -0.1) is 11.3 Å². The number of fused-ring (bicyclic) bond motifs is 4. The van der Waals surface area contributed by atoms with Crippen LogP contribution in [0.2, 0.25) is 0 Å². The summed E-state index contributed by atoms with van der Waals surface area (Å²) in [4.78, 5) is 10.7. The molecule has 2 nitrogen and oxygen atoms in total. The van der Waals surface area contributed by atoms with Crippen molar-refractivity contribution in [2.45, 2.75) is 0 Å². The second kappa shape index (κ2) is 14.8. The predicted octanol–water partition coefficient (Wildman–Crippen LogP) is 15.7. The highest BCUT2D eigenvalue weighted by Gasteiger charge is 2.16. The lowest BCUT2D eigenvalue weighted by atomic mass is 9.92. The first-order valence-corrected chi connectivity index (χ1v) is 20.8. The third-order valence-electron chi connectivity index (χ3n) is 11.2. The fraction of sp³-hybridized carbons (Fsp3) is 0. The lowest BCUT2D eigenvalue weighted by Crippen LogP contribution is -1.97. The topological polar surface area (TPSA) is 25.8 Å². The number of hydrogen-bond donors (Lipinski definition) is 0. The van der Waals surface area contributed by atoms with Gasteiger partial charge in [-0.2, -0.15) is 0 Å². The van der Waals surface area contributed by atoms with E-state index >= 15 is 0 Å². The monoisotopic (exact) mass is 768 g/mol. The first-order valence-electron chi connectivity index (χ1n) is 20.0. The molecule has 0 saturated carbocycles. The molecule has 11 rings (SSSR count). The van der Waals surface area contributed by atoms with Gasteiger partial charge in [0.1, 0.15) is 0 Å². The minimum Gasteiger partial charge on any atom is -0.228 e. The van der Waals surface area contributed by atoms with E-state index in [1.807, 2.05) is 17.4 Å². The molecular weight excluding hydrogens is 733 g/mol. The van der Waals surface area contributed by atoms with Crippen LogP contribution in [0.5, 0.6) is 0 Å². The van der Waals surface area contributed by atoms with Gasteiger partial charge in [0, 0.05) is 36.9 Å². The molecule has 3 heteroatoms. The van der Waals surface area contributed by atoms with E-state index in [1.165, 1.54) is 36.5 Å². The fourth-order valence-corrected chi connectivity index (χ4v) is 9.30. The van der Waals surface area contributed by atoms with Crippen LogP contribution in [0.3, 0.4) is 0 Å². The molecule has 0 saturated heterocycles. The third-order valence-corrected chi connectivity index (χ3v) is 12.4. The molecule has 0 radical (unpaired) electrons. The van der Waals surface area contributed by atoms with Gasteiger partial charge in [0.05, 0.1) is 11.4 Å². The van der Waals surface area contributed by atoms with Crippen molar-refractivity contribution in [1.29, 1.82) is 0 Å². The summed E-state index contributed by atoms with van der Waals surface area (Å²) in [7, 11) is 0. The number of benzene rings is 9. The quantitative estimate of drug-likeness (QED) is 0.161. The minimum absolute atomic E-state index is 0.688. The Bertz CT molecular complexity index is 3260. The zero-order valence-corrected chi connectivity index (χ0v) is 32.9. The molecule has 0 unspecified atom stereocenters. The lowest BCUT2D eigenvalue weighted by Gasteiger charge is -2.15. The lowest BCUT2D eigenvalue weighted by molar-refractivity contribution is 1.18. The van der Waals surface area contributed by atoms with Gasteiger partial charge >= 0.3 is 0 Å². The van der Waals surface area contributed by atoms with Crippen LogP contribution < -0.4 is 0 Å². The molecular formula is C56H36N2S. The molecule has 0 spiro atoms. The largest absolute Gasteiger partial charge is 0.228 e. The van der Waals surface area contributed by atoms with Crippen LogP contribution in [-0.4, -0.2) is 9.97 Å². The summed E-state index contributed by atoms with van der Waals surface area (Å²) in [5.74, 6) is 0.688. The molecule has 0 aliphatic rings. The maximum atomic E-state index is 5.35. The molecule has 0 amide bonds. The SMILES string of the molecule is c1ccc(-c2cc(-c3ccccc3)cc(-c3cc(-c4cc(-c5ccc6ccccc6c5)cc(-c5ccc6sc7ccccc7c6c5)c4)nc(-c4ccccc4)n3)c2)cc1. The fourth-order valence-electron chi connectivity index (χ4n) is 8.21. The summed E-state index contributed by atoms with van der Waals surface area (Å²) >= 11 is 1.85. The van der Waals surface area contributed by atoms with Crippen molar-refractivity contribution in [3.8, 4) is 78.4 Å². The highest BCUT2D eigenvalue weighted by molar-refractivity contribution is 7.25. The molecule has 0 fully saturated rings. The Morgan fingerprint density at radius 3 is 1.34 bits per heavy atom. The number of thiophene rings is 1. The molecule has 11 aromatic rings. The summed E-state index contributed by atoms with van der Waals surface area (Å²) in [5.41, 5.74) is 14.0. The van der Waals surface area contributed by atoms with E-state index in [9.17, 15) is 0 Å². The van der Waals surface area contributed by atoms with Crippen LogP contribution in [0.25, 0.3) is 109 Å². The smallest absolute Gasteiger partial charge is 0.160 e. The van der Waals surface area contributed by atoms with E-state index in [4.69, 9.17) is 9.97 Å². The van der Waals surface area contributed by atoms with Crippen LogP contribution >= 0.6 is 11.3 Å². The third kappa shape index (κ3) is 6.78. The minimum atomic E-state index is 0.688. The zero-order valence-electron chi connectivity index (χ0n) is 32.1. The van der Waals surface area contributed by atoms with E-state index in [2.05, 4.69) is 212 Å². The molecule has 0 atom stereocenters. The van der Waals surface area contributed by atoms with Crippen LogP contribution in [0, 0.1) is 0 Å². The number of nitrogens with zero attached hydrogens (tertiary/aromatic N) is 2. The Morgan fingerprint density at radius 1 is 0.254 bits per heavy atom. The van der Waals surface area contributed by atoms with Crippen LogP contribution in [0.15, 0.2) is 218 Å². The molecule has 0 aliphatic heterocycles. The average Bonchev–Trinajstić information content (AvgIpc) is 3.70. The van der Waals surface area contributed by atoms with E-state index in [1.54, 1.807) is 0 Å². The summed E-state index contributed by atoms with van der Waals surface area (Å²) in [6.07, 6.45) is 0. The second-order valence-corrected chi connectivity index (χ2v) is 16.1. The molecule has 2 heterocycles. The van der Waals surface area contributed by atoms with Gasteiger partial charge in [0.2, 0.25) is 0 Å². The molecule has 59 heavy (non-hydrogen) atoms. The van der Waals surface area contributed by atoms with Gasteiger partial charge in [0.25, 0.3) is 0 Å². The summed E-state index contributed by atoms with van der Waals surface area (Å²) < 4.78 is 2.60. The van der Waals surface area contributed by atoms with E-state index in [-0.39, 0.29) is 0 Å². The Morgan fingerprint density at radius 2 is 0.712 bits per heavy atom. The van der Waals surface area contributed by atoms with Crippen LogP contribution in [0.4, 0.5) is 0 Å². The molecule has 0 N–H and O–H groups in total. The summed E-state index contributed by atoms with van der Waals surface area (Å²) in [5, 5.41) is 5.01. The molecule has 9 aromatic carbocycles. The Balaban J connectivity index is 1.14. The maximum absolute atomic E-state index is 5.35. The van der Waals surface area contributed by atoms with E-state index in [0.29, 0.717) is 5.82 Å². The van der Waals surface area contributed by atoms with Gasteiger partial charge in [-0.25, -0.2) is 9.97 Å². The number of aromatic nitrogens is 2. The van der Waals surface area contributed by atoms with Crippen molar-refractivity contribution in [3.05, 3.63) is 218 Å². The second-order valence-electron chi connectivity index (χ2n) is 15.0. The predicted molar refractivity (Wildman–Crippen MR) is 250 cm³/mol. The number of hydrogen-bond acceptors (Lipinski definition) is 3. The Labute approximate surface area is 347 Å². The van der Waals surface area contributed by atoms with Crippen molar-refractivity contribution < 1.29 is 0 Å². The molecule has 276 valence electrons. The van der Waals surface area contributed by atoms with Crippen molar-refractivity contribution >= 4 is 42.3 Å². The van der Waals surface area contributed by atoms with Gasteiger partial charge in [0.15, 0.2) is 5.82 Å². The van der Waals surface area contributed by atoms with E-state index < -0.39 is 0 Å². The van der Waals surface area contributed by atoms with Crippen molar-refractivity contribution in [2.75, 3.05) is 0 Å². The highest BCUT2D eigenvalue weighted by Crippen LogP contribution is 2.40. The summed E-state index contributed by atoms with van der Waals surface area (Å²) in [6.45, 7) is 0. The highest BCUT2D eigenvalue weighted by atomic mass is 32.1. The normalized spacial score (nSPS) is 11.4. The van der Waals surface area contributed by atoms with Gasteiger partial charge in [-0.3, -0.25) is 0 Å². The zero-order chi connectivity index (χ0) is 39.1. The first kappa shape index (κ1) is 34.8. The van der Waals surface area contributed by atoms with Crippen molar-refractivity contribution in [3.63, 3.8) is 0 Å². The number of rotatable bonds is 7. The van der Waals surface area contributed by atoms with E-state index in [0.717, 1.165) is 67.0 Å². The van der Waals surface area contributed by atoms with Gasteiger partial charge in [-0.05, 0) is 122 Å². The molecule has 2 aromatic heterocycles. The summed E-state index contributed by atoms with van der Waals surface area (Å²) in [6, 6.07) is 78.4. The van der Waals surface area contributed by atoms with Gasteiger partial charge < -0.3 is 0 Å². The maximum Gasteiger partial charge on any atom is 0.160 e. The van der Waals surface area contributed by atoms with Crippen LogP contribution in [0.1, 0.15) is 0 Å².